The van der Waals surface area contributed by atoms with Gasteiger partial charge in [0.1, 0.15) is 6.04 Å². The minimum absolute atomic E-state index is 0.0412. The van der Waals surface area contributed by atoms with Gasteiger partial charge in [-0.1, -0.05) is 6.07 Å². The molecule has 1 aromatic carbocycles. The lowest BCUT2D eigenvalue weighted by atomic mass is 10.0. The summed E-state index contributed by atoms with van der Waals surface area (Å²) in [4.78, 5) is 10.5. The molecule has 0 saturated heterocycles. The minimum Gasteiger partial charge on any atom is -0.480 e. The molecule has 0 radical (unpaired) electrons. The summed E-state index contributed by atoms with van der Waals surface area (Å²) in [5.74, 6) is -1.36. The van der Waals surface area contributed by atoms with Gasteiger partial charge in [0.25, 0.3) is 0 Å². The van der Waals surface area contributed by atoms with Gasteiger partial charge in [-0.05, 0) is 12.1 Å². The number of carboxylic acids is 1. The lowest BCUT2D eigenvalue weighted by Gasteiger charge is -2.13. The van der Waals surface area contributed by atoms with Gasteiger partial charge in [0.15, 0.2) is 0 Å². The molecule has 16 heavy (non-hydrogen) atoms. The van der Waals surface area contributed by atoms with Gasteiger partial charge in [-0.25, -0.2) is 0 Å². The fourth-order valence-corrected chi connectivity index (χ4v) is 1.17. The highest BCUT2D eigenvalue weighted by molar-refractivity contribution is 5.77. The predicted molar refractivity (Wildman–Crippen MR) is 50.4 cm³/mol. The molecular weight excluding hydrogens is 225 g/mol. The highest BCUT2D eigenvalue weighted by Gasteiger charge is 2.31. The first kappa shape index (κ1) is 12.3. The van der Waals surface area contributed by atoms with Gasteiger partial charge in [0.05, 0.1) is 5.56 Å². The average Bonchev–Trinajstić information content (AvgIpc) is 2.15. The Bertz CT molecular complexity index is 418. The van der Waals surface area contributed by atoms with Gasteiger partial charge in [0.2, 0.25) is 0 Å². The Morgan fingerprint density at radius 3 is 2.31 bits per heavy atom. The van der Waals surface area contributed by atoms with Crippen LogP contribution >= 0.6 is 0 Å². The Hall–Kier alpha value is -1.76. The third kappa shape index (κ3) is 2.43. The fourth-order valence-electron chi connectivity index (χ4n) is 1.17. The molecule has 0 aliphatic carbocycles. The zero-order chi connectivity index (χ0) is 12.5. The van der Waals surface area contributed by atoms with Crippen LogP contribution in [0.15, 0.2) is 18.2 Å². The van der Waals surface area contributed by atoms with Crippen molar-refractivity contribution in [2.45, 2.75) is 12.2 Å². The van der Waals surface area contributed by atoms with E-state index in [1.54, 1.807) is 0 Å². The van der Waals surface area contributed by atoms with Crippen LogP contribution in [0, 0.1) is 0 Å². The molecule has 0 aromatic heterocycles. The molecule has 1 rings (SSSR count). The largest absolute Gasteiger partial charge is 0.480 e. The van der Waals surface area contributed by atoms with Crippen molar-refractivity contribution >= 4 is 11.7 Å². The number of nitrogens with two attached hydrogens (primary N) is 2. The molecule has 7 heteroatoms. The SMILES string of the molecule is Nc1cc(C(F)(F)F)ccc1[C@H](N)C(=O)O. The standard InChI is InChI=1S/C9H9F3N2O2/c10-9(11,12)4-1-2-5(6(13)3-4)7(14)8(15)16/h1-3,7H,13-14H2,(H,15,16)/t7-/m0/s1. The summed E-state index contributed by atoms with van der Waals surface area (Å²) in [7, 11) is 0. The molecule has 0 amide bonds. The van der Waals surface area contributed by atoms with Gasteiger partial charge in [-0.2, -0.15) is 13.2 Å². The zero-order valence-corrected chi connectivity index (χ0v) is 7.95. The highest BCUT2D eigenvalue weighted by Crippen LogP contribution is 2.32. The van der Waals surface area contributed by atoms with E-state index in [-0.39, 0.29) is 11.3 Å². The molecule has 1 atom stereocenters. The summed E-state index contributed by atoms with van der Waals surface area (Å²) >= 11 is 0. The van der Waals surface area contributed by atoms with E-state index in [2.05, 4.69) is 0 Å². The van der Waals surface area contributed by atoms with Crippen LogP contribution < -0.4 is 11.5 Å². The Labute approximate surface area is 88.7 Å². The number of halogens is 3. The second-order valence-corrected chi connectivity index (χ2v) is 3.16. The number of nitrogen functional groups attached to an aromatic ring is 1. The lowest BCUT2D eigenvalue weighted by molar-refractivity contribution is -0.138. The topological polar surface area (TPSA) is 89.3 Å². The van der Waals surface area contributed by atoms with E-state index in [4.69, 9.17) is 16.6 Å². The fraction of sp³-hybridized carbons (Fsp3) is 0.222. The zero-order valence-electron chi connectivity index (χ0n) is 7.95. The van der Waals surface area contributed by atoms with E-state index in [1.807, 2.05) is 0 Å². The molecule has 0 bridgehead atoms. The molecule has 5 N–H and O–H groups in total. The maximum atomic E-state index is 12.3. The molecule has 0 heterocycles. The Balaban J connectivity index is 3.15. The summed E-state index contributed by atoms with van der Waals surface area (Å²) in [6.45, 7) is 0. The second kappa shape index (κ2) is 4.01. The Morgan fingerprint density at radius 1 is 1.38 bits per heavy atom. The third-order valence-corrected chi connectivity index (χ3v) is 2.02. The van der Waals surface area contributed by atoms with Crippen molar-refractivity contribution in [1.82, 2.24) is 0 Å². The Kier molecular flexibility index (Phi) is 3.09. The van der Waals surface area contributed by atoms with Crippen molar-refractivity contribution in [1.29, 1.82) is 0 Å². The van der Waals surface area contributed by atoms with Crippen LogP contribution in [-0.4, -0.2) is 11.1 Å². The number of rotatable bonds is 2. The number of carbonyl (C=O) groups is 1. The van der Waals surface area contributed by atoms with Crippen LogP contribution in [0.25, 0.3) is 0 Å². The van der Waals surface area contributed by atoms with Crippen LogP contribution in [0.4, 0.5) is 18.9 Å². The van der Waals surface area contributed by atoms with Gasteiger partial charge in [-0.3, -0.25) is 4.79 Å². The van der Waals surface area contributed by atoms with Gasteiger partial charge < -0.3 is 16.6 Å². The monoisotopic (exact) mass is 234 g/mol. The first-order chi connectivity index (χ1) is 7.23. The van der Waals surface area contributed by atoms with Gasteiger partial charge in [0, 0.05) is 11.3 Å². The number of anilines is 1. The van der Waals surface area contributed by atoms with E-state index >= 15 is 0 Å². The molecule has 0 fully saturated rings. The van der Waals surface area contributed by atoms with Crippen molar-refractivity contribution in [3.05, 3.63) is 29.3 Å². The maximum Gasteiger partial charge on any atom is 0.416 e. The lowest BCUT2D eigenvalue weighted by Crippen LogP contribution is -2.22. The van der Waals surface area contributed by atoms with Crippen molar-refractivity contribution in [2.24, 2.45) is 5.73 Å². The summed E-state index contributed by atoms with van der Waals surface area (Å²) in [5.41, 5.74) is 9.28. The van der Waals surface area contributed by atoms with Crippen LogP contribution in [-0.2, 0) is 11.0 Å². The number of alkyl halides is 3. The number of carboxylic acid groups (broad SMARTS) is 1. The average molecular weight is 234 g/mol. The van der Waals surface area contributed by atoms with Crippen molar-refractivity contribution in [2.75, 3.05) is 5.73 Å². The van der Waals surface area contributed by atoms with Crippen molar-refractivity contribution in [3.8, 4) is 0 Å². The Morgan fingerprint density at radius 2 is 1.94 bits per heavy atom. The van der Waals surface area contributed by atoms with Crippen molar-refractivity contribution < 1.29 is 23.1 Å². The van der Waals surface area contributed by atoms with E-state index in [1.165, 1.54) is 0 Å². The molecule has 1 aromatic rings. The number of hydrogen-bond acceptors (Lipinski definition) is 3. The van der Waals surface area contributed by atoms with E-state index < -0.39 is 23.8 Å². The van der Waals surface area contributed by atoms with Gasteiger partial charge >= 0.3 is 12.1 Å². The van der Waals surface area contributed by atoms with Gasteiger partial charge in [-0.15, -0.1) is 0 Å². The van der Waals surface area contributed by atoms with Crippen LogP contribution in [0.3, 0.4) is 0 Å². The molecule has 0 unspecified atom stereocenters. The number of aliphatic carboxylic acids is 1. The minimum atomic E-state index is -4.51. The van der Waals surface area contributed by atoms with Crippen LogP contribution in [0.1, 0.15) is 17.2 Å². The first-order valence-corrected chi connectivity index (χ1v) is 4.18. The normalized spacial score (nSPS) is 13.5. The highest BCUT2D eigenvalue weighted by atomic mass is 19.4. The van der Waals surface area contributed by atoms with Crippen molar-refractivity contribution in [3.63, 3.8) is 0 Å². The molecule has 4 nitrogen and oxygen atoms in total. The van der Waals surface area contributed by atoms with Crippen LogP contribution in [0.5, 0.6) is 0 Å². The van der Waals surface area contributed by atoms with E-state index in [9.17, 15) is 18.0 Å². The molecule has 0 aliphatic rings. The molecule has 0 aliphatic heterocycles. The first-order valence-electron chi connectivity index (χ1n) is 4.18. The smallest absolute Gasteiger partial charge is 0.416 e. The van der Waals surface area contributed by atoms with E-state index in [0.717, 1.165) is 12.1 Å². The second-order valence-electron chi connectivity index (χ2n) is 3.16. The molecule has 0 saturated carbocycles. The van der Waals surface area contributed by atoms with Crippen LogP contribution in [0.2, 0.25) is 0 Å². The predicted octanol–water partition coefficient (Wildman–Crippen LogP) is 1.37. The quantitative estimate of drug-likeness (QED) is 0.674. The summed E-state index contributed by atoms with van der Waals surface area (Å²) in [5, 5.41) is 8.59. The summed E-state index contributed by atoms with van der Waals surface area (Å²) in [6, 6.07) is 0.950. The number of hydrogen-bond donors (Lipinski definition) is 3. The van der Waals surface area contributed by atoms with E-state index in [0.29, 0.717) is 6.07 Å². The third-order valence-electron chi connectivity index (χ3n) is 2.02. The summed E-state index contributed by atoms with van der Waals surface area (Å²) in [6.07, 6.45) is -4.51. The summed E-state index contributed by atoms with van der Waals surface area (Å²) < 4.78 is 36.8. The maximum absolute atomic E-state index is 12.3. The molecular formula is C9H9F3N2O2. The number of benzene rings is 1. The molecule has 0 spiro atoms. The molecule has 88 valence electrons.